The SMILES string of the molecule is CCCCCCCCC(CCCCCc1c(F)cc(F)cc1F)C(OCC)(OCC)OCC. The fourth-order valence-electron chi connectivity index (χ4n) is 4.43. The van der Waals surface area contributed by atoms with Crippen LogP contribution in [0.5, 0.6) is 0 Å². The third-order valence-electron chi connectivity index (χ3n) is 6.03. The topological polar surface area (TPSA) is 27.7 Å². The number of unbranched alkanes of at least 4 members (excludes halogenated alkanes) is 7. The summed E-state index contributed by atoms with van der Waals surface area (Å²) in [5.74, 6) is -3.46. The molecule has 0 aromatic heterocycles. The lowest BCUT2D eigenvalue weighted by Gasteiger charge is -2.39. The van der Waals surface area contributed by atoms with Gasteiger partial charge in [0.15, 0.2) is 0 Å². The Balaban J connectivity index is 2.69. The molecule has 0 amide bonds. The number of halogens is 3. The smallest absolute Gasteiger partial charge is 0.285 e. The second-order valence-electron chi connectivity index (χ2n) is 8.60. The normalized spacial score (nSPS) is 12.9. The molecule has 1 unspecified atom stereocenters. The number of benzene rings is 1. The monoisotopic (exact) mass is 474 g/mol. The number of hydrogen-bond donors (Lipinski definition) is 0. The van der Waals surface area contributed by atoms with Crippen LogP contribution < -0.4 is 0 Å². The molecule has 0 saturated heterocycles. The van der Waals surface area contributed by atoms with E-state index in [1.807, 2.05) is 20.8 Å². The van der Waals surface area contributed by atoms with Gasteiger partial charge in [-0.25, -0.2) is 13.2 Å². The van der Waals surface area contributed by atoms with E-state index in [4.69, 9.17) is 14.2 Å². The van der Waals surface area contributed by atoms with Crippen molar-refractivity contribution in [2.45, 2.75) is 111 Å². The summed E-state index contributed by atoms with van der Waals surface area (Å²) < 4.78 is 59.0. The van der Waals surface area contributed by atoms with E-state index in [1.165, 1.54) is 32.1 Å². The molecule has 0 spiro atoms. The van der Waals surface area contributed by atoms with Gasteiger partial charge in [0.25, 0.3) is 5.97 Å². The Morgan fingerprint density at radius 3 is 1.61 bits per heavy atom. The van der Waals surface area contributed by atoms with Crippen molar-refractivity contribution < 1.29 is 27.4 Å². The van der Waals surface area contributed by atoms with E-state index < -0.39 is 23.4 Å². The van der Waals surface area contributed by atoms with Crippen LogP contribution in [-0.4, -0.2) is 25.8 Å². The molecule has 3 nitrogen and oxygen atoms in total. The molecule has 0 heterocycles. The average molecular weight is 475 g/mol. The predicted molar refractivity (Wildman–Crippen MR) is 128 cm³/mol. The van der Waals surface area contributed by atoms with Crippen LogP contribution >= 0.6 is 0 Å². The molecular weight excluding hydrogens is 429 g/mol. The van der Waals surface area contributed by atoms with Crippen LogP contribution in [0.25, 0.3) is 0 Å². The molecular formula is C27H45F3O3. The van der Waals surface area contributed by atoms with Crippen molar-refractivity contribution in [1.82, 2.24) is 0 Å². The molecule has 1 aromatic carbocycles. The molecule has 0 aliphatic heterocycles. The van der Waals surface area contributed by atoms with E-state index in [0.29, 0.717) is 26.2 Å². The molecule has 0 radical (unpaired) electrons. The first-order chi connectivity index (χ1) is 15.9. The molecule has 0 N–H and O–H groups in total. The lowest BCUT2D eigenvalue weighted by atomic mass is 9.91. The fraction of sp³-hybridized carbons (Fsp3) is 0.778. The van der Waals surface area contributed by atoms with Gasteiger partial charge in [0.05, 0.1) is 0 Å². The Labute approximate surface area is 199 Å². The summed E-state index contributed by atoms with van der Waals surface area (Å²) in [6.07, 6.45) is 11.7. The van der Waals surface area contributed by atoms with Crippen molar-refractivity contribution in [3.05, 3.63) is 35.1 Å². The molecule has 0 aliphatic carbocycles. The van der Waals surface area contributed by atoms with Crippen molar-refractivity contribution in [3.63, 3.8) is 0 Å². The summed E-state index contributed by atoms with van der Waals surface area (Å²) in [7, 11) is 0. The number of hydrogen-bond acceptors (Lipinski definition) is 3. The minimum Gasteiger partial charge on any atom is -0.328 e. The summed E-state index contributed by atoms with van der Waals surface area (Å²) in [6.45, 7) is 9.54. The Bertz CT molecular complexity index is 599. The predicted octanol–water partition coefficient (Wildman–Crippen LogP) is 8.34. The Hall–Kier alpha value is -1.11. The molecule has 6 heteroatoms. The summed E-state index contributed by atoms with van der Waals surface area (Å²) in [5, 5.41) is 0. The number of rotatable bonds is 20. The second-order valence-corrected chi connectivity index (χ2v) is 8.60. The van der Waals surface area contributed by atoms with Gasteiger partial charge in [-0.05, 0) is 46.5 Å². The molecule has 0 aliphatic rings. The third-order valence-corrected chi connectivity index (χ3v) is 6.03. The van der Waals surface area contributed by atoms with Crippen LogP contribution in [0, 0.1) is 23.4 Å². The van der Waals surface area contributed by atoms with E-state index in [2.05, 4.69) is 6.92 Å². The zero-order valence-corrected chi connectivity index (χ0v) is 21.2. The number of ether oxygens (including phenoxy) is 3. The highest BCUT2D eigenvalue weighted by molar-refractivity contribution is 5.20. The maximum atomic E-state index is 13.9. The minimum absolute atomic E-state index is 0.0349. The van der Waals surface area contributed by atoms with Gasteiger partial charge < -0.3 is 14.2 Å². The van der Waals surface area contributed by atoms with Crippen LogP contribution in [0.3, 0.4) is 0 Å². The van der Waals surface area contributed by atoms with E-state index in [1.54, 1.807) is 0 Å². The zero-order chi connectivity index (χ0) is 24.5. The summed E-state index contributed by atoms with van der Waals surface area (Å²) in [4.78, 5) is 0. The maximum Gasteiger partial charge on any atom is 0.285 e. The first-order valence-corrected chi connectivity index (χ1v) is 13.0. The van der Waals surface area contributed by atoms with Crippen LogP contribution in [-0.2, 0) is 20.6 Å². The Morgan fingerprint density at radius 1 is 0.667 bits per heavy atom. The third kappa shape index (κ3) is 10.8. The first-order valence-electron chi connectivity index (χ1n) is 13.0. The standard InChI is InChI=1S/C27H45F3O3/c1-5-9-10-11-12-14-17-22(27(31-6-2,32-7-3)33-8-4)18-15-13-16-19-24-25(29)20-23(28)21-26(24)30/h20-22H,5-19H2,1-4H3. The van der Waals surface area contributed by atoms with E-state index in [0.717, 1.165) is 44.2 Å². The van der Waals surface area contributed by atoms with Gasteiger partial charge >= 0.3 is 0 Å². The molecule has 33 heavy (non-hydrogen) atoms. The van der Waals surface area contributed by atoms with Crippen molar-refractivity contribution in [3.8, 4) is 0 Å². The van der Waals surface area contributed by atoms with Gasteiger partial charge in [-0.15, -0.1) is 0 Å². The second kappa shape index (κ2) is 17.3. The van der Waals surface area contributed by atoms with Crippen molar-refractivity contribution in [1.29, 1.82) is 0 Å². The quantitative estimate of drug-likeness (QED) is 0.140. The maximum absolute atomic E-state index is 13.9. The molecule has 1 rings (SSSR count). The minimum atomic E-state index is -1.04. The van der Waals surface area contributed by atoms with Crippen LogP contribution in [0.1, 0.15) is 104 Å². The highest BCUT2D eigenvalue weighted by Gasteiger charge is 2.41. The van der Waals surface area contributed by atoms with Gasteiger partial charge in [-0.3, -0.25) is 0 Å². The van der Waals surface area contributed by atoms with Crippen LogP contribution in [0.15, 0.2) is 12.1 Å². The van der Waals surface area contributed by atoms with Crippen molar-refractivity contribution >= 4 is 0 Å². The zero-order valence-electron chi connectivity index (χ0n) is 21.2. The highest BCUT2D eigenvalue weighted by atomic mass is 19.1. The first kappa shape index (κ1) is 29.9. The molecule has 1 atom stereocenters. The van der Waals surface area contributed by atoms with Gasteiger partial charge in [0.1, 0.15) is 17.5 Å². The van der Waals surface area contributed by atoms with Crippen molar-refractivity contribution in [2.24, 2.45) is 5.92 Å². The molecule has 192 valence electrons. The lowest BCUT2D eigenvalue weighted by Crippen LogP contribution is -2.46. The average Bonchev–Trinajstić information content (AvgIpc) is 2.76. The van der Waals surface area contributed by atoms with Crippen LogP contribution in [0.2, 0.25) is 0 Å². The molecule has 0 fully saturated rings. The van der Waals surface area contributed by atoms with Gasteiger partial charge in [0, 0.05) is 43.4 Å². The van der Waals surface area contributed by atoms with E-state index >= 15 is 0 Å². The Morgan fingerprint density at radius 2 is 1.12 bits per heavy atom. The molecule has 0 bridgehead atoms. The summed E-state index contributed by atoms with van der Waals surface area (Å²) in [6, 6.07) is 1.49. The van der Waals surface area contributed by atoms with E-state index in [-0.39, 0.29) is 17.9 Å². The highest BCUT2D eigenvalue weighted by Crippen LogP contribution is 2.34. The summed E-state index contributed by atoms with van der Waals surface area (Å²) >= 11 is 0. The molecule has 1 aromatic rings. The van der Waals surface area contributed by atoms with Crippen LogP contribution in [0.4, 0.5) is 13.2 Å². The largest absolute Gasteiger partial charge is 0.328 e. The van der Waals surface area contributed by atoms with Gasteiger partial charge in [-0.1, -0.05) is 58.3 Å². The fourth-order valence-corrected chi connectivity index (χ4v) is 4.43. The Kier molecular flexibility index (Phi) is 15.7. The molecule has 0 saturated carbocycles. The van der Waals surface area contributed by atoms with Gasteiger partial charge in [-0.2, -0.15) is 0 Å². The van der Waals surface area contributed by atoms with Crippen molar-refractivity contribution in [2.75, 3.05) is 19.8 Å². The lowest BCUT2D eigenvalue weighted by molar-refractivity contribution is -0.403. The summed E-state index contributed by atoms with van der Waals surface area (Å²) in [5.41, 5.74) is -0.0349. The van der Waals surface area contributed by atoms with Gasteiger partial charge in [0.2, 0.25) is 0 Å². The van der Waals surface area contributed by atoms with E-state index in [9.17, 15) is 13.2 Å².